The average molecular weight is 431 g/mol. The summed E-state index contributed by atoms with van der Waals surface area (Å²) in [5.74, 6) is 2.63. The lowest BCUT2D eigenvalue weighted by atomic mass is 10.1. The Kier molecular flexibility index (Phi) is 9.97. The maximum Gasteiger partial charge on any atom is 0.224 e. The van der Waals surface area contributed by atoms with Crippen LogP contribution in [0.1, 0.15) is 25.8 Å². The zero-order valence-corrected chi connectivity index (χ0v) is 19.2. The summed E-state index contributed by atoms with van der Waals surface area (Å²) in [4.78, 5) is 14.8. The quantitative estimate of drug-likeness (QED) is 0.518. The second-order valence-corrected chi connectivity index (χ2v) is 6.97. The fourth-order valence-corrected chi connectivity index (χ4v) is 3.24. The molecule has 0 saturated heterocycles. The number of hydrogen-bond donors (Lipinski definition) is 1. The zero-order chi connectivity index (χ0) is 22.6. The van der Waals surface area contributed by atoms with Crippen LogP contribution in [0.2, 0.25) is 0 Å². The fraction of sp³-hybridized carbons (Fsp3) is 0.458. The second-order valence-electron chi connectivity index (χ2n) is 6.97. The molecule has 7 nitrogen and oxygen atoms in total. The van der Waals surface area contributed by atoms with E-state index in [2.05, 4.69) is 24.1 Å². The number of ether oxygens (including phenoxy) is 4. The Balaban J connectivity index is 1.98. The van der Waals surface area contributed by atoms with E-state index >= 15 is 0 Å². The number of hydrogen-bond acceptors (Lipinski definition) is 6. The van der Waals surface area contributed by atoms with Gasteiger partial charge in [0.25, 0.3) is 0 Å². The number of nitrogens with zero attached hydrogens (tertiary/aromatic N) is 1. The van der Waals surface area contributed by atoms with Crippen molar-refractivity contribution >= 4 is 11.6 Å². The standard InChI is InChI=1S/C24H34N2O5/c1-6-26(7-2)14-15-31-23-17-19(9-11-22(23)30-5)25-24(27)13-8-18-16-20(28-3)10-12-21(18)29-4/h9-12,16-17H,6-8,13-15H2,1-5H3,(H,25,27). The van der Waals surface area contributed by atoms with Gasteiger partial charge in [0, 0.05) is 24.7 Å². The summed E-state index contributed by atoms with van der Waals surface area (Å²) in [5.41, 5.74) is 1.59. The molecule has 1 amide bonds. The van der Waals surface area contributed by atoms with Crippen molar-refractivity contribution in [3.63, 3.8) is 0 Å². The van der Waals surface area contributed by atoms with Gasteiger partial charge in [0.2, 0.25) is 5.91 Å². The maximum absolute atomic E-state index is 12.5. The number of carbonyl (C=O) groups is 1. The van der Waals surface area contributed by atoms with Crippen molar-refractivity contribution in [2.24, 2.45) is 0 Å². The van der Waals surface area contributed by atoms with Crippen molar-refractivity contribution in [3.05, 3.63) is 42.0 Å². The lowest BCUT2D eigenvalue weighted by molar-refractivity contribution is -0.116. The fourth-order valence-electron chi connectivity index (χ4n) is 3.24. The number of amides is 1. The number of aryl methyl sites for hydroxylation is 1. The molecule has 2 aromatic rings. The molecule has 0 bridgehead atoms. The van der Waals surface area contributed by atoms with Gasteiger partial charge in [-0.15, -0.1) is 0 Å². The molecule has 7 heteroatoms. The molecule has 0 aliphatic carbocycles. The van der Waals surface area contributed by atoms with E-state index in [-0.39, 0.29) is 5.91 Å². The lowest BCUT2D eigenvalue weighted by Gasteiger charge is -2.19. The molecule has 0 unspecified atom stereocenters. The van der Waals surface area contributed by atoms with Crippen LogP contribution in [0.4, 0.5) is 5.69 Å². The van der Waals surface area contributed by atoms with Gasteiger partial charge in [-0.2, -0.15) is 0 Å². The zero-order valence-electron chi connectivity index (χ0n) is 19.2. The first-order valence-electron chi connectivity index (χ1n) is 10.6. The Labute approximate surface area is 185 Å². The molecule has 0 fully saturated rings. The van der Waals surface area contributed by atoms with E-state index in [1.807, 2.05) is 18.2 Å². The van der Waals surface area contributed by atoms with Gasteiger partial charge in [0.05, 0.1) is 21.3 Å². The highest BCUT2D eigenvalue weighted by molar-refractivity contribution is 5.91. The van der Waals surface area contributed by atoms with Crippen LogP contribution in [0.15, 0.2) is 36.4 Å². The van der Waals surface area contributed by atoms with E-state index < -0.39 is 0 Å². The Morgan fingerprint density at radius 3 is 2.26 bits per heavy atom. The van der Waals surface area contributed by atoms with Crippen molar-refractivity contribution < 1.29 is 23.7 Å². The molecule has 0 aliphatic heterocycles. The summed E-state index contributed by atoms with van der Waals surface area (Å²) in [6.45, 7) is 7.58. The van der Waals surface area contributed by atoms with Gasteiger partial charge in [-0.05, 0) is 55.4 Å². The predicted octanol–water partition coefficient (Wildman–Crippen LogP) is 4.00. The molecule has 0 saturated carbocycles. The van der Waals surface area contributed by atoms with Crippen molar-refractivity contribution in [2.75, 3.05) is 52.9 Å². The van der Waals surface area contributed by atoms with Gasteiger partial charge in [0.15, 0.2) is 11.5 Å². The van der Waals surface area contributed by atoms with Gasteiger partial charge in [-0.1, -0.05) is 13.8 Å². The first-order valence-corrected chi connectivity index (χ1v) is 10.6. The number of carbonyl (C=O) groups excluding carboxylic acids is 1. The van der Waals surface area contributed by atoms with Crippen LogP contribution in [0, 0.1) is 0 Å². The highest BCUT2D eigenvalue weighted by atomic mass is 16.5. The number of rotatable bonds is 13. The number of likely N-dealkylation sites (N-methyl/N-ethyl adjacent to an activating group) is 1. The molecule has 0 aliphatic rings. The third kappa shape index (κ3) is 7.36. The first kappa shape index (κ1) is 24.3. The van der Waals surface area contributed by atoms with Crippen LogP contribution < -0.4 is 24.3 Å². The molecule has 2 aromatic carbocycles. The summed E-state index contributed by atoms with van der Waals surface area (Å²) in [5, 5.41) is 2.93. The molecular weight excluding hydrogens is 396 g/mol. The van der Waals surface area contributed by atoms with E-state index in [9.17, 15) is 4.79 Å². The summed E-state index contributed by atoms with van der Waals surface area (Å²) < 4.78 is 22.0. The first-order chi connectivity index (χ1) is 15.0. The highest BCUT2D eigenvalue weighted by Gasteiger charge is 2.11. The van der Waals surface area contributed by atoms with Crippen LogP contribution in [0.5, 0.6) is 23.0 Å². The minimum Gasteiger partial charge on any atom is -0.497 e. The van der Waals surface area contributed by atoms with E-state index in [1.165, 1.54) is 0 Å². The van der Waals surface area contributed by atoms with E-state index in [0.29, 0.717) is 36.6 Å². The molecule has 0 spiro atoms. The maximum atomic E-state index is 12.5. The average Bonchev–Trinajstić information content (AvgIpc) is 2.80. The van der Waals surface area contributed by atoms with Crippen molar-refractivity contribution in [3.8, 4) is 23.0 Å². The third-order valence-electron chi connectivity index (χ3n) is 5.12. The van der Waals surface area contributed by atoms with E-state index in [1.54, 1.807) is 39.5 Å². The minimum atomic E-state index is -0.0934. The largest absolute Gasteiger partial charge is 0.497 e. The predicted molar refractivity (Wildman–Crippen MR) is 123 cm³/mol. The summed E-state index contributed by atoms with van der Waals surface area (Å²) in [6, 6.07) is 11.0. The van der Waals surface area contributed by atoms with Gasteiger partial charge >= 0.3 is 0 Å². The molecule has 0 atom stereocenters. The van der Waals surface area contributed by atoms with Crippen molar-refractivity contribution in [2.45, 2.75) is 26.7 Å². The van der Waals surface area contributed by atoms with Crippen LogP contribution in [-0.4, -0.2) is 58.4 Å². The third-order valence-corrected chi connectivity index (χ3v) is 5.12. The number of nitrogens with one attached hydrogen (secondary N) is 1. The van der Waals surface area contributed by atoms with Crippen molar-refractivity contribution in [1.82, 2.24) is 4.90 Å². The minimum absolute atomic E-state index is 0.0934. The number of anilines is 1. The Bertz CT molecular complexity index is 837. The van der Waals surface area contributed by atoms with Gasteiger partial charge in [-0.3, -0.25) is 4.79 Å². The van der Waals surface area contributed by atoms with Crippen LogP contribution >= 0.6 is 0 Å². The van der Waals surface area contributed by atoms with Crippen LogP contribution in [0.25, 0.3) is 0 Å². The molecule has 2 rings (SSSR count). The molecule has 0 aromatic heterocycles. The highest BCUT2D eigenvalue weighted by Crippen LogP contribution is 2.30. The SMILES string of the molecule is CCN(CC)CCOc1cc(NC(=O)CCc2cc(OC)ccc2OC)ccc1OC. The Morgan fingerprint density at radius 1 is 0.903 bits per heavy atom. The molecule has 170 valence electrons. The van der Waals surface area contributed by atoms with Crippen LogP contribution in [0.3, 0.4) is 0 Å². The van der Waals surface area contributed by atoms with Gasteiger partial charge < -0.3 is 29.2 Å². The topological polar surface area (TPSA) is 69.3 Å². The lowest BCUT2D eigenvalue weighted by Crippen LogP contribution is -2.28. The second kappa shape index (κ2) is 12.7. The smallest absolute Gasteiger partial charge is 0.224 e. The Hall–Kier alpha value is -2.93. The number of benzene rings is 2. The van der Waals surface area contributed by atoms with Crippen molar-refractivity contribution in [1.29, 1.82) is 0 Å². The van der Waals surface area contributed by atoms with Gasteiger partial charge in [-0.25, -0.2) is 0 Å². The van der Waals surface area contributed by atoms with E-state index in [4.69, 9.17) is 18.9 Å². The molecule has 31 heavy (non-hydrogen) atoms. The molecule has 1 N–H and O–H groups in total. The normalized spacial score (nSPS) is 10.6. The molecular formula is C24H34N2O5. The summed E-state index contributed by atoms with van der Waals surface area (Å²) in [6.07, 6.45) is 0.850. The molecule has 0 radical (unpaired) electrons. The number of methoxy groups -OCH3 is 3. The monoisotopic (exact) mass is 430 g/mol. The van der Waals surface area contributed by atoms with E-state index in [0.717, 1.165) is 36.7 Å². The summed E-state index contributed by atoms with van der Waals surface area (Å²) in [7, 11) is 4.83. The summed E-state index contributed by atoms with van der Waals surface area (Å²) >= 11 is 0. The Morgan fingerprint density at radius 2 is 1.61 bits per heavy atom. The van der Waals surface area contributed by atoms with Gasteiger partial charge in [0.1, 0.15) is 18.1 Å². The molecule has 0 heterocycles. The van der Waals surface area contributed by atoms with Crippen LogP contribution in [-0.2, 0) is 11.2 Å².